The quantitative estimate of drug-likeness (QED) is 0.504. The van der Waals surface area contributed by atoms with Crippen LogP contribution in [-0.4, -0.2) is 44.3 Å². The first-order valence-corrected chi connectivity index (χ1v) is 5.06. The molecule has 0 aromatic heterocycles. The summed E-state index contributed by atoms with van der Waals surface area (Å²) in [5, 5.41) is 0. The van der Waals surface area contributed by atoms with Gasteiger partial charge in [0.2, 0.25) is 0 Å². The maximum Gasteiger partial charge on any atom is 0.313 e. The molecule has 16 heavy (non-hydrogen) atoms. The molecular weight excluding hydrogens is 212 g/mol. The molecule has 0 fully saturated rings. The van der Waals surface area contributed by atoms with E-state index in [0.29, 0.717) is 0 Å². The second-order valence-corrected chi connectivity index (χ2v) is 4.41. The van der Waals surface area contributed by atoms with Gasteiger partial charge in [-0.05, 0) is 20.8 Å². The molecule has 0 N–H and O–H groups in total. The molecule has 0 aliphatic carbocycles. The number of hydrogen-bond donors (Lipinski definition) is 0. The SMILES string of the molecule is COCC(OC)C(=O)CC(=O)OC(C)(C)C. The van der Waals surface area contributed by atoms with Gasteiger partial charge in [-0.3, -0.25) is 9.59 Å². The largest absolute Gasteiger partial charge is 0.460 e. The van der Waals surface area contributed by atoms with E-state index in [-0.39, 0.29) is 18.8 Å². The third-order valence-electron chi connectivity index (χ3n) is 1.70. The average Bonchev–Trinajstić information content (AvgIpc) is 2.10. The van der Waals surface area contributed by atoms with E-state index in [9.17, 15) is 9.59 Å². The van der Waals surface area contributed by atoms with Crippen LogP contribution in [0, 0.1) is 0 Å². The number of carbonyl (C=O) groups excluding carboxylic acids is 2. The summed E-state index contributed by atoms with van der Waals surface area (Å²) in [6.45, 7) is 5.38. The number of hydrogen-bond acceptors (Lipinski definition) is 5. The average molecular weight is 232 g/mol. The Morgan fingerprint density at radius 2 is 1.75 bits per heavy atom. The van der Waals surface area contributed by atoms with Gasteiger partial charge in [0.15, 0.2) is 5.78 Å². The first-order chi connectivity index (χ1) is 7.30. The summed E-state index contributed by atoms with van der Waals surface area (Å²) >= 11 is 0. The standard InChI is InChI=1S/C11H20O5/c1-11(2,3)16-10(13)6-8(12)9(15-5)7-14-4/h9H,6-7H2,1-5H3. The summed E-state index contributed by atoms with van der Waals surface area (Å²) in [7, 11) is 2.86. The Hall–Kier alpha value is -0.940. The van der Waals surface area contributed by atoms with Gasteiger partial charge >= 0.3 is 5.97 Å². The van der Waals surface area contributed by atoms with Crippen LogP contribution in [0.1, 0.15) is 27.2 Å². The van der Waals surface area contributed by atoms with Crippen LogP contribution in [0.4, 0.5) is 0 Å². The van der Waals surface area contributed by atoms with E-state index < -0.39 is 17.7 Å². The molecule has 0 amide bonds. The summed E-state index contributed by atoms with van der Waals surface area (Å²) < 4.78 is 14.7. The van der Waals surface area contributed by atoms with Gasteiger partial charge in [-0.2, -0.15) is 0 Å². The van der Waals surface area contributed by atoms with E-state index in [1.165, 1.54) is 14.2 Å². The van der Waals surface area contributed by atoms with Crippen molar-refractivity contribution in [2.24, 2.45) is 0 Å². The molecular formula is C11H20O5. The Morgan fingerprint density at radius 3 is 2.12 bits per heavy atom. The van der Waals surface area contributed by atoms with Gasteiger partial charge in [-0.25, -0.2) is 0 Å². The van der Waals surface area contributed by atoms with Gasteiger partial charge in [0, 0.05) is 14.2 Å². The molecule has 0 radical (unpaired) electrons. The molecule has 0 spiro atoms. The maximum atomic E-state index is 11.6. The van der Waals surface area contributed by atoms with Gasteiger partial charge in [0.1, 0.15) is 18.1 Å². The fourth-order valence-electron chi connectivity index (χ4n) is 1.08. The van der Waals surface area contributed by atoms with Crippen LogP contribution in [0.3, 0.4) is 0 Å². The number of carbonyl (C=O) groups is 2. The first-order valence-electron chi connectivity index (χ1n) is 5.06. The van der Waals surface area contributed by atoms with E-state index in [2.05, 4.69) is 0 Å². The third kappa shape index (κ3) is 6.53. The molecule has 0 rings (SSSR count). The van der Waals surface area contributed by atoms with E-state index in [1.54, 1.807) is 20.8 Å². The fraction of sp³-hybridized carbons (Fsp3) is 0.818. The molecule has 5 heteroatoms. The summed E-state index contributed by atoms with van der Waals surface area (Å²) in [6, 6.07) is 0. The van der Waals surface area contributed by atoms with Crippen LogP contribution in [0.2, 0.25) is 0 Å². The Balaban J connectivity index is 4.17. The predicted molar refractivity (Wildman–Crippen MR) is 58.1 cm³/mol. The lowest BCUT2D eigenvalue weighted by molar-refractivity contribution is -0.158. The lowest BCUT2D eigenvalue weighted by Gasteiger charge is -2.20. The van der Waals surface area contributed by atoms with Crippen molar-refractivity contribution in [3.8, 4) is 0 Å². The van der Waals surface area contributed by atoms with Gasteiger partial charge in [-0.1, -0.05) is 0 Å². The topological polar surface area (TPSA) is 61.8 Å². The smallest absolute Gasteiger partial charge is 0.313 e. The Bertz CT molecular complexity index is 241. The highest BCUT2D eigenvalue weighted by Gasteiger charge is 2.24. The summed E-state index contributed by atoms with van der Waals surface area (Å²) in [5.41, 5.74) is -0.582. The summed E-state index contributed by atoms with van der Waals surface area (Å²) in [6.07, 6.45) is -1.00. The van der Waals surface area contributed by atoms with Crippen LogP contribution < -0.4 is 0 Å². The zero-order chi connectivity index (χ0) is 12.8. The minimum absolute atomic E-state index is 0.137. The van der Waals surface area contributed by atoms with Crippen molar-refractivity contribution in [1.82, 2.24) is 0 Å². The number of ketones is 1. The minimum Gasteiger partial charge on any atom is -0.460 e. The van der Waals surface area contributed by atoms with Gasteiger partial charge in [0.05, 0.1) is 6.61 Å². The molecule has 0 bridgehead atoms. The van der Waals surface area contributed by atoms with Crippen LogP contribution in [0.5, 0.6) is 0 Å². The summed E-state index contributed by atoms with van der Waals surface area (Å²) in [4.78, 5) is 22.9. The maximum absolute atomic E-state index is 11.6. The molecule has 0 aromatic rings. The lowest BCUT2D eigenvalue weighted by Crippen LogP contribution is -2.32. The van der Waals surface area contributed by atoms with Crippen molar-refractivity contribution in [3.05, 3.63) is 0 Å². The van der Waals surface area contributed by atoms with Gasteiger partial charge in [0.25, 0.3) is 0 Å². The third-order valence-corrected chi connectivity index (χ3v) is 1.70. The zero-order valence-electron chi connectivity index (χ0n) is 10.5. The molecule has 0 saturated heterocycles. The van der Waals surface area contributed by atoms with E-state index in [4.69, 9.17) is 14.2 Å². The molecule has 5 nitrogen and oxygen atoms in total. The Morgan fingerprint density at radius 1 is 1.19 bits per heavy atom. The van der Waals surface area contributed by atoms with Crippen LogP contribution in [0.15, 0.2) is 0 Å². The number of esters is 1. The number of ether oxygens (including phenoxy) is 3. The van der Waals surface area contributed by atoms with Crippen LogP contribution in [-0.2, 0) is 23.8 Å². The minimum atomic E-state index is -0.711. The molecule has 94 valence electrons. The normalized spacial score (nSPS) is 13.3. The van der Waals surface area contributed by atoms with E-state index in [0.717, 1.165) is 0 Å². The zero-order valence-corrected chi connectivity index (χ0v) is 10.5. The molecule has 1 atom stereocenters. The van der Waals surface area contributed by atoms with Crippen molar-refractivity contribution >= 4 is 11.8 Å². The van der Waals surface area contributed by atoms with Crippen molar-refractivity contribution < 1.29 is 23.8 Å². The number of methoxy groups -OCH3 is 2. The predicted octanol–water partition coefficient (Wildman–Crippen LogP) is 0.949. The highest BCUT2D eigenvalue weighted by molar-refractivity contribution is 5.98. The Kier molecular flexibility index (Phi) is 6.21. The monoisotopic (exact) mass is 232 g/mol. The molecule has 0 aliphatic heterocycles. The van der Waals surface area contributed by atoms with Gasteiger partial charge < -0.3 is 14.2 Å². The molecule has 0 heterocycles. The van der Waals surface area contributed by atoms with Crippen molar-refractivity contribution in [1.29, 1.82) is 0 Å². The van der Waals surface area contributed by atoms with Crippen molar-refractivity contribution in [3.63, 3.8) is 0 Å². The second kappa shape index (κ2) is 6.60. The van der Waals surface area contributed by atoms with Crippen molar-refractivity contribution in [2.45, 2.75) is 38.9 Å². The molecule has 0 aliphatic rings. The lowest BCUT2D eigenvalue weighted by atomic mass is 10.1. The number of rotatable bonds is 6. The molecule has 0 saturated carbocycles. The fourth-order valence-corrected chi connectivity index (χ4v) is 1.08. The van der Waals surface area contributed by atoms with Crippen LogP contribution in [0.25, 0.3) is 0 Å². The molecule has 0 aromatic carbocycles. The summed E-state index contributed by atoms with van der Waals surface area (Å²) in [5.74, 6) is -0.880. The second-order valence-electron chi connectivity index (χ2n) is 4.41. The Labute approximate surface area is 96.1 Å². The molecule has 1 unspecified atom stereocenters. The first kappa shape index (κ1) is 15.1. The van der Waals surface area contributed by atoms with Crippen molar-refractivity contribution in [2.75, 3.05) is 20.8 Å². The number of Topliss-reactive ketones (excluding diaryl/α,β-unsaturated/α-hetero) is 1. The highest BCUT2D eigenvalue weighted by Crippen LogP contribution is 2.09. The van der Waals surface area contributed by atoms with E-state index in [1.807, 2.05) is 0 Å². The van der Waals surface area contributed by atoms with E-state index >= 15 is 0 Å². The highest BCUT2D eigenvalue weighted by atomic mass is 16.6. The van der Waals surface area contributed by atoms with Crippen LogP contribution >= 0.6 is 0 Å². The van der Waals surface area contributed by atoms with Gasteiger partial charge in [-0.15, -0.1) is 0 Å².